The Bertz CT molecular complexity index is 464. The number of anilines is 1. The van der Waals surface area contributed by atoms with Gasteiger partial charge in [0.05, 0.1) is 17.2 Å². The first-order chi connectivity index (χ1) is 7.04. The van der Waals surface area contributed by atoms with Gasteiger partial charge in [0.1, 0.15) is 0 Å². The number of nitrogens with zero attached hydrogens (tertiary/aromatic N) is 2. The van der Waals surface area contributed by atoms with Crippen LogP contribution in [0.5, 0.6) is 0 Å². The van der Waals surface area contributed by atoms with Gasteiger partial charge in [0, 0.05) is 12.7 Å². The molecule has 0 N–H and O–H groups in total. The number of likely N-dealkylation sites (N-methyl/N-ethyl adjacent to an activating group) is 1. The average molecular weight is 198 g/mol. The van der Waals surface area contributed by atoms with Crippen molar-refractivity contribution in [3.8, 4) is 6.07 Å². The van der Waals surface area contributed by atoms with Crippen molar-refractivity contribution in [2.24, 2.45) is 0 Å². The van der Waals surface area contributed by atoms with E-state index in [1.807, 2.05) is 18.2 Å². The van der Waals surface area contributed by atoms with E-state index in [4.69, 9.17) is 5.26 Å². The first kappa shape index (κ1) is 9.79. The van der Waals surface area contributed by atoms with Gasteiger partial charge in [0.15, 0.2) is 0 Å². The zero-order valence-electron chi connectivity index (χ0n) is 9.28. The highest BCUT2D eigenvalue weighted by atomic mass is 15.2. The molecular weight excluding hydrogens is 184 g/mol. The minimum Gasteiger partial charge on any atom is -0.366 e. The molecule has 0 fully saturated rings. The molecule has 2 nitrogen and oxygen atoms in total. The van der Waals surface area contributed by atoms with Gasteiger partial charge in [-0.2, -0.15) is 5.26 Å². The molecule has 0 saturated heterocycles. The van der Waals surface area contributed by atoms with Crippen LogP contribution in [0.25, 0.3) is 6.08 Å². The van der Waals surface area contributed by atoms with E-state index in [-0.39, 0.29) is 5.54 Å². The van der Waals surface area contributed by atoms with Gasteiger partial charge < -0.3 is 4.90 Å². The Morgan fingerprint density at radius 3 is 2.73 bits per heavy atom. The Morgan fingerprint density at radius 1 is 1.33 bits per heavy atom. The number of hydrogen-bond donors (Lipinski definition) is 0. The van der Waals surface area contributed by atoms with E-state index in [1.165, 1.54) is 5.69 Å². The number of rotatable bonds is 0. The van der Waals surface area contributed by atoms with E-state index in [9.17, 15) is 0 Å². The largest absolute Gasteiger partial charge is 0.366 e. The molecule has 1 heterocycles. The van der Waals surface area contributed by atoms with Crippen LogP contribution in [0.15, 0.2) is 24.3 Å². The van der Waals surface area contributed by atoms with E-state index < -0.39 is 0 Å². The molecule has 0 amide bonds. The van der Waals surface area contributed by atoms with Crippen LogP contribution < -0.4 is 4.90 Å². The first-order valence-corrected chi connectivity index (χ1v) is 5.02. The molecule has 0 radical (unpaired) electrons. The lowest BCUT2D eigenvalue weighted by atomic mass is 9.94. The summed E-state index contributed by atoms with van der Waals surface area (Å²) in [6.45, 7) is 4.34. The molecule has 0 spiro atoms. The average Bonchev–Trinajstić information content (AvgIpc) is 2.23. The smallest absolute Gasteiger partial charge is 0.0991 e. The van der Waals surface area contributed by atoms with Crippen molar-refractivity contribution < 1.29 is 0 Å². The Balaban J connectivity index is 2.55. The predicted molar refractivity (Wildman–Crippen MR) is 62.7 cm³/mol. The van der Waals surface area contributed by atoms with Crippen LogP contribution in [0.1, 0.15) is 25.0 Å². The molecule has 1 aliphatic rings. The van der Waals surface area contributed by atoms with Gasteiger partial charge in [-0.3, -0.25) is 0 Å². The predicted octanol–water partition coefficient (Wildman–Crippen LogP) is 2.80. The fraction of sp³-hybridized carbons (Fsp3) is 0.308. The molecule has 15 heavy (non-hydrogen) atoms. The summed E-state index contributed by atoms with van der Waals surface area (Å²) >= 11 is 0. The Kier molecular flexibility index (Phi) is 2.04. The molecule has 2 rings (SSSR count). The second-order valence-corrected chi connectivity index (χ2v) is 4.43. The molecule has 0 aliphatic carbocycles. The molecule has 1 aliphatic heterocycles. The topological polar surface area (TPSA) is 27.0 Å². The van der Waals surface area contributed by atoms with Gasteiger partial charge in [0.2, 0.25) is 0 Å². The number of hydrogen-bond acceptors (Lipinski definition) is 2. The van der Waals surface area contributed by atoms with E-state index in [0.29, 0.717) is 5.56 Å². The molecule has 0 atom stereocenters. The van der Waals surface area contributed by atoms with Gasteiger partial charge >= 0.3 is 0 Å². The van der Waals surface area contributed by atoms with Crippen LogP contribution in [0.4, 0.5) is 5.69 Å². The molecule has 0 bridgehead atoms. The summed E-state index contributed by atoms with van der Waals surface area (Å²) in [5.74, 6) is 0. The van der Waals surface area contributed by atoms with Crippen LogP contribution in [-0.4, -0.2) is 12.6 Å². The lowest BCUT2D eigenvalue weighted by molar-refractivity contribution is 0.600. The summed E-state index contributed by atoms with van der Waals surface area (Å²) in [5, 5.41) is 8.82. The summed E-state index contributed by atoms with van der Waals surface area (Å²) in [6.07, 6.45) is 4.26. The molecule has 76 valence electrons. The van der Waals surface area contributed by atoms with Crippen molar-refractivity contribution >= 4 is 11.8 Å². The van der Waals surface area contributed by atoms with Crippen molar-refractivity contribution in [1.82, 2.24) is 0 Å². The first-order valence-electron chi connectivity index (χ1n) is 5.02. The van der Waals surface area contributed by atoms with Gasteiger partial charge in [0.25, 0.3) is 0 Å². The van der Waals surface area contributed by atoms with Gasteiger partial charge in [-0.05, 0) is 37.6 Å². The fourth-order valence-electron chi connectivity index (χ4n) is 1.78. The van der Waals surface area contributed by atoms with Crippen molar-refractivity contribution in [2.45, 2.75) is 19.4 Å². The number of benzene rings is 1. The number of nitriles is 1. The van der Waals surface area contributed by atoms with Crippen LogP contribution in [0, 0.1) is 11.3 Å². The molecule has 0 saturated carbocycles. The van der Waals surface area contributed by atoms with E-state index in [2.05, 4.69) is 44.0 Å². The van der Waals surface area contributed by atoms with E-state index in [0.717, 1.165) is 5.56 Å². The maximum atomic E-state index is 8.82. The Morgan fingerprint density at radius 2 is 2.07 bits per heavy atom. The van der Waals surface area contributed by atoms with E-state index in [1.54, 1.807) is 0 Å². The third-order valence-corrected chi connectivity index (χ3v) is 3.05. The van der Waals surface area contributed by atoms with Gasteiger partial charge in [-0.25, -0.2) is 0 Å². The van der Waals surface area contributed by atoms with Crippen molar-refractivity contribution in [3.05, 3.63) is 35.4 Å². The summed E-state index contributed by atoms with van der Waals surface area (Å²) in [5.41, 5.74) is 3.06. The monoisotopic (exact) mass is 198 g/mol. The summed E-state index contributed by atoms with van der Waals surface area (Å²) < 4.78 is 0. The van der Waals surface area contributed by atoms with Crippen LogP contribution in [-0.2, 0) is 0 Å². The third-order valence-electron chi connectivity index (χ3n) is 3.05. The molecule has 1 aromatic rings. The third kappa shape index (κ3) is 1.50. The van der Waals surface area contributed by atoms with Crippen LogP contribution >= 0.6 is 0 Å². The minimum absolute atomic E-state index is 0.0428. The molecule has 1 aromatic carbocycles. The maximum Gasteiger partial charge on any atom is 0.0991 e. The Labute approximate surface area is 90.4 Å². The van der Waals surface area contributed by atoms with Crippen molar-refractivity contribution in [2.75, 3.05) is 11.9 Å². The highest BCUT2D eigenvalue weighted by molar-refractivity contribution is 5.74. The second kappa shape index (κ2) is 3.13. The lowest BCUT2D eigenvalue weighted by Crippen LogP contribution is -2.41. The molecule has 0 unspecified atom stereocenters. The SMILES string of the molecule is CN1c2ccc(C#N)cc2C=CC1(C)C. The molecule has 2 heteroatoms. The van der Waals surface area contributed by atoms with Crippen molar-refractivity contribution in [3.63, 3.8) is 0 Å². The van der Waals surface area contributed by atoms with Crippen LogP contribution in [0.3, 0.4) is 0 Å². The molecular formula is C13H14N2. The summed E-state index contributed by atoms with van der Waals surface area (Å²) in [6, 6.07) is 7.97. The quantitative estimate of drug-likeness (QED) is 0.641. The highest BCUT2D eigenvalue weighted by Gasteiger charge is 2.25. The van der Waals surface area contributed by atoms with Crippen LogP contribution in [0.2, 0.25) is 0 Å². The Hall–Kier alpha value is -1.75. The summed E-state index contributed by atoms with van der Waals surface area (Å²) in [4.78, 5) is 2.23. The van der Waals surface area contributed by atoms with Crippen molar-refractivity contribution in [1.29, 1.82) is 5.26 Å². The number of fused-ring (bicyclic) bond motifs is 1. The highest BCUT2D eigenvalue weighted by Crippen LogP contribution is 2.33. The summed E-state index contributed by atoms with van der Waals surface area (Å²) in [7, 11) is 2.08. The van der Waals surface area contributed by atoms with Gasteiger partial charge in [-0.15, -0.1) is 0 Å². The standard InChI is InChI=1S/C13H14N2/c1-13(2)7-6-11-8-10(9-14)4-5-12(11)15(13)3/h4-8H,1-3H3. The normalized spacial score (nSPS) is 17.1. The lowest BCUT2D eigenvalue weighted by Gasteiger charge is -2.39. The second-order valence-electron chi connectivity index (χ2n) is 4.43. The molecule has 0 aromatic heterocycles. The zero-order valence-corrected chi connectivity index (χ0v) is 9.28. The van der Waals surface area contributed by atoms with Gasteiger partial charge in [-0.1, -0.05) is 12.2 Å². The van der Waals surface area contributed by atoms with E-state index >= 15 is 0 Å². The zero-order chi connectivity index (χ0) is 11.1. The maximum absolute atomic E-state index is 8.82. The minimum atomic E-state index is 0.0428. The fourth-order valence-corrected chi connectivity index (χ4v) is 1.78.